The van der Waals surface area contributed by atoms with Crippen LogP contribution in [0.2, 0.25) is 0 Å². The van der Waals surface area contributed by atoms with Crippen molar-refractivity contribution < 1.29 is 0 Å². The van der Waals surface area contributed by atoms with Crippen molar-refractivity contribution in [3.63, 3.8) is 0 Å². The minimum Gasteiger partial charge on any atom is -0.398 e. The van der Waals surface area contributed by atoms with Crippen LogP contribution >= 0.6 is 11.3 Å². The Bertz CT molecular complexity index is 674. The van der Waals surface area contributed by atoms with Gasteiger partial charge in [-0.05, 0) is 11.6 Å². The molecule has 0 amide bonds. The Balaban J connectivity index is 1.85. The number of nitrogens with two attached hydrogens (primary N) is 1. The second-order valence-corrected chi connectivity index (χ2v) is 5.31. The first-order valence-corrected chi connectivity index (χ1v) is 7.04. The van der Waals surface area contributed by atoms with Gasteiger partial charge < -0.3 is 5.73 Å². The Hall–Kier alpha value is -2.13. The summed E-state index contributed by atoms with van der Waals surface area (Å²) in [5, 5.41) is 3.20. The van der Waals surface area contributed by atoms with Gasteiger partial charge in [0.05, 0.1) is 10.7 Å². The molecule has 19 heavy (non-hydrogen) atoms. The maximum atomic E-state index is 5.96. The second-order valence-electron chi connectivity index (χ2n) is 4.37. The molecule has 0 atom stereocenters. The van der Waals surface area contributed by atoms with Gasteiger partial charge in [0.1, 0.15) is 0 Å². The van der Waals surface area contributed by atoms with Crippen LogP contribution in [0, 0.1) is 0 Å². The molecule has 2 aromatic carbocycles. The molecule has 94 valence electrons. The molecule has 0 saturated carbocycles. The molecule has 2 nitrogen and oxygen atoms in total. The fourth-order valence-electron chi connectivity index (χ4n) is 1.99. The van der Waals surface area contributed by atoms with Crippen molar-refractivity contribution in [3.05, 3.63) is 70.5 Å². The first-order valence-electron chi connectivity index (χ1n) is 6.16. The third kappa shape index (κ3) is 2.66. The van der Waals surface area contributed by atoms with Crippen molar-refractivity contribution in [2.45, 2.75) is 6.42 Å². The lowest BCUT2D eigenvalue weighted by Crippen LogP contribution is -1.94. The first-order chi connectivity index (χ1) is 9.33. The topological polar surface area (TPSA) is 38.9 Å². The van der Waals surface area contributed by atoms with E-state index in [1.54, 1.807) is 11.3 Å². The summed E-state index contributed by atoms with van der Waals surface area (Å²) in [6, 6.07) is 18.2. The summed E-state index contributed by atoms with van der Waals surface area (Å²) in [5.74, 6) is 0. The molecule has 0 unspecified atom stereocenters. The molecule has 1 aromatic heterocycles. The van der Waals surface area contributed by atoms with Crippen LogP contribution in [0.4, 0.5) is 5.69 Å². The van der Waals surface area contributed by atoms with Crippen molar-refractivity contribution in [1.82, 2.24) is 4.98 Å². The van der Waals surface area contributed by atoms with Crippen molar-refractivity contribution in [2.75, 3.05) is 5.73 Å². The van der Waals surface area contributed by atoms with Crippen LogP contribution in [0.1, 0.15) is 10.6 Å². The predicted octanol–water partition coefficient (Wildman–Crippen LogP) is 3.98. The molecule has 0 fully saturated rings. The molecule has 2 N–H and O–H groups in total. The monoisotopic (exact) mass is 266 g/mol. The minimum absolute atomic E-state index is 0.796. The lowest BCUT2D eigenvalue weighted by molar-refractivity contribution is 1.14. The summed E-state index contributed by atoms with van der Waals surface area (Å²) in [6.07, 6.45) is 0.796. The highest BCUT2D eigenvalue weighted by molar-refractivity contribution is 7.10. The zero-order valence-corrected chi connectivity index (χ0v) is 11.2. The number of aromatic nitrogens is 1. The molecule has 0 bridgehead atoms. The van der Waals surface area contributed by atoms with E-state index < -0.39 is 0 Å². The first kappa shape index (κ1) is 11.9. The molecule has 0 aliphatic carbocycles. The van der Waals surface area contributed by atoms with Gasteiger partial charge in [0.25, 0.3) is 0 Å². The van der Waals surface area contributed by atoms with Crippen LogP contribution in [0.25, 0.3) is 11.3 Å². The maximum absolute atomic E-state index is 5.96. The Morgan fingerprint density at radius 1 is 0.947 bits per heavy atom. The Morgan fingerprint density at radius 2 is 1.68 bits per heavy atom. The standard InChI is InChI=1S/C16H14N2S/c17-14-9-5-4-8-13(14)10-16-18-15(11-19-16)12-6-2-1-3-7-12/h1-9,11H,10,17H2. The van der Waals surface area contributed by atoms with Crippen LogP contribution in [-0.4, -0.2) is 4.98 Å². The summed E-state index contributed by atoms with van der Waals surface area (Å²) < 4.78 is 0. The van der Waals surface area contributed by atoms with E-state index >= 15 is 0 Å². The van der Waals surface area contributed by atoms with Crippen LogP contribution in [0.15, 0.2) is 60.0 Å². The normalized spacial score (nSPS) is 10.5. The molecule has 0 aliphatic heterocycles. The van der Waals surface area contributed by atoms with Crippen LogP contribution in [0.5, 0.6) is 0 Å². The van der Waals surface area contributed by atoms with Crippen molar-refractivity contribution in [3.8, 4) is 11.3 Å². The van der Waals surface area contributed by atoms with Gasteiger partial charge in [0.2, 0.25) is 0 Å². The zero-order chi connectivity index (χ0) is 13.1. The summed E-state index contributed by atoms with van der Waals surface area (Å²) in [5.41, 5.74) is 10.1. The van der Waals surface area contributed by atoms with E-state index in [9.17, 15) is 0 Å². The van der Waals surface area contributed by atoms with E-state index in [4.69, 9.17) is 5.73 Å². The van der Waals surface area contributed by atoms with E-state index in [0.717, 1.165) is 33.9 Å². The van der Waals surface area contributed by atoms with E-state index in [-0.39, 0.29) is 0 Å². The lowest BCUT2D eigenvalue weighted by atomic mass is 10.1. The highest BCUT2D eigenvalue weighted by Crippen LogP contribution is 2.24. The third-order valence-corrected chi connectivity index (χ3v) is 3.87. The number of rotatable bonds is 3. The summed E-state index contributed by atoms with van der Waals surface area (Å²) in [7, 11) is 0. The summed E-state index contributed by atoms with van der Waals surface area (Å²) in [4.78, 5) is 4.68. The molecule has 0 saturated heterocycles. The molecule has 0 spiro atoms. The lowest BCUT2D eigenvalue weighted by Gasteiger charge is -2.02. The van der Waals surface area contributed by atoms with Gasteiger partial charge in [0.15, 0.2) is 0 Å². The zero-order valence-electron chi connectivity index (χ0n) is 10.4. The van der Waals surface area contributed by atoms with Crippen molar-refractivity contribution in [1.29, 1.82) is 0 Å². The number of hydrogen-bond donors (Lipinski definition) is 1. The predicted molar refractivity (Wildman–Crippen MR) is 81.2 cm³/mol. The summed E-state index contributed by atoms with van der Waals surface area (Å²) in [6.45, 7) is 0. The van der Waals surface area contributed by atoms with Gasteiger partial charge in [-0.25, -0.2) is 4.98 Å². The molecule has 1 heterocycles. The average molecular weight is 266 g/mol. The maximum Gasteiger partial charge on any atom is 0.0977 e. The quantitative estimate of drug-likeness (QED) is 0.728. The molecule has 3 heteroatoms. The number of anilines is 1. The van der Waals surface area contributed by atoms with Gasteiger partial charge in [-0.2, -0.15) is 0 Å². The van der Waals surface area contributed by atoms with Crippen molar-refractivity contribution >= 4 is 17.0 Å². The van der Waals surface area contributed by atoms with E-state index in [1.165, 1.54) is 0 Å². The number of hydrogen-bond acceptors (Lipinski definition) is 3. The number of nitrogens with zero attached hydrogens (tertiary/aromatic N) is 1. The smallest absolute Gasteiger partial charge is 0.0977 e. The van der Waals surface area contributed by atoms with Crippen LogP contribution < -0.4 is 5.73 Å². The van der Waals surface area contributed by atoms with E-state index in [2.05, 4.69) is 28.6 Å². The molecule has 0 radical (unpaired) electrons. The number of para-hydroxylation sites is 1. The highest BCUT2D eigenvalue weighted by atomic mass is 32.1. The van der Waals surface area contributed by atoms with Gasteiger partial charge in [-0.15, -0.1) is 11.3 Å². The Morgan fingerprint density at radius 3 is 2.47 bits per heavy atom. The number of nitrogen functional groups attached to an aromatic ring is 1. The SMILES string of the molecule is Nc1ccccc1Cc1nc(-c2ccccc2)cs1. The molecule has 0 aliphatic rings. The molecular weight excluding hydrogens is 252 g/mol. The highest BCUT2D eigenvalue weighted by Gasteiger charge is 2.06. The minimum atomic E-state index is 0.796. The van der Waals surface area contributed by atoms with Crippen LogP contribution in [0.3, 0.4) is 0 Å². The fraction of sp³-hybridized carbons (Fsp3) is 0.0625. The molecule has 3 rings (SSSR count). The third-order valence-electron chi connectivity index (χ3n) is 3.02. The van der Waals surface area contributed by atoms with E-state index in [1.807, 2.05) is 36.4 Å². The number of thiazole rings is 1. The Kier molecular flexibility index (Phi) is 3.29. The van der Waals surface area contributed by atoms with Gasteiger partial charge in [0, 0.05) is 23.1 Å². The van der Waals surface area contributed by atoms with Gasteiger partial charge in [-0.3, -0.25) is 0 Å². The van der Waals surface area contributed by atoms with E-state index in [0.29, 0.717) is 0 Å². The van der Waals surface area contributed by atoms with Gasteiger partial charge >= 0.3 is 0 Å². The average Bonchev–Trinajstić information content (AvgIpc) is 2.91. The van der Waals surface area contributed by atoms with Crippen molar-refractivity contribution in [2.24, 2.45) is 0 Å². The van der Waals surface area contributed by atoms with Crippen LogP contribution in [-0.2, 0) is 6.42 Å². The largest absolute Gasteiger partial charge is 0.398 e. The molecular formula is C16H14N2S. The van der Waals surface area contributed by atoms with Gasteiger partial charge in [-0.1, -0.05) is 48.5 Å². The second kappa shape index (κ2) is 5.24. The summed E-state index contributed by atoms with van der Waals surface area (Å²) >= 11 is 1.68. The Labute approximate surface area is 116 Å². The molecule has 3 aromatic rings. The fourth-order valence-corrected chi connectivity index (χ4v) is 2.82. The number of benzene rings is 2.